The zero-order chi connectivity index (χ0) is 20.4. The van der Waals surface area contributed by atoms with Crippen LogP contribution < -0.4 is 19.7 Å². The van der Waals surface area contributed by atoms with Crippen LogP contribution in [-0.2, 0) is 6.54 Å². The van der Waals surface area contributed by atoms with Crippen molar-refractivity contribution in [2.24, 2.45) is 0 Å². The highest BCUT2D eigenvalue weighted by Gasteiger charge is 2.21. The van der Waals surface area contributed by atoms with Crippen LogP contribution in [0.5, 0.6) is 11.5 Å². The lowest BCUT2D eigenvalue weighted by Crippen LogP contribution is -2.51. The number of nitrogens with one attached hydrogen (secondary N) is 1. The molecule has 0 aliphatic carbocycles. The Morgan fingerprint density at radius 3 is 2.59 bits per heavy atom. The van der Waals surface area contributed by atoms with Gasteiger partial charge in [0.05, 0.1) is 5.69 Å². The molecule has 0 amide bonds. The van der Waals surface area contributed by atoms with Gasteiger partial charge in [0, 0.05) is 38.3 Å². The summed E-state index contributed by atoms with van der Waals surface area (Å²) in [7, 11) is 0. The van der Waals surface area contributed by atoms with Crippen LogP contribution in [0.25, 0.3) is 0 Å². The molecule has 1 saturated heterocycles. The molecule has 29 heavy (non-hydrogen) atoms. The Morgan fingerprint density at radius 2 is 1.86 bits per heavy atom. The maximum absolute atomic E-state index is 14.4. The summed E-state index contributed by atoms with van der Waals surface area (Å²) in [6, 6.07) is 10.5. The molecule has 0 saturated carbocycles. The molecule has 152 valence electrons. The number of anilines is 1. The van der Waals surface area contributed by atoms with E-state index in [-0.39, 0.29) is 18.4 Å². The first kappa shape index (κ1) is 19.4. The van der Waals surface area contributed by atoms with Crippen LogP contribution in [0.2, 0.25) is 0 Å². The van der Waals surface area contributed by atoms with Gasteiger partial charge in [-0.15, -0.1) is 0 Å². The number of carbonyl (C=O) groups excluding carboxylic acids is 1. The molecule has 4 rings (SSSR count). The Balaban J connectivity index is 1.30. The number of rotatable bonds is 4. The molecular weight excluding hydrogens is 393 g/mol. The van der Waals surface area contributed by atoms with E-state index in [4.69, 9.17) is 21.7 Å². The minimum Gasteiger partial charge on any atom is -0.454 e. The number of hydrogen-bond donors (Lipinski definition) is 1. The van der Waals surface area contributed by atoms with Crippen LogP contribution in [-0.4, -0.2) is 48.8 Å². The van der Waals surface area contributed by atoms with Crippen LogP contribution in [0, 0.1) is 5.82 Å². The van der Waals surface area contributed by atoms with Gasteiger partial charge >= 0.3 is 0 Å². The number of Topliss-reactive ketones (excluding diaryl/α,β-unsaturated/α-hetero) is 1. The van der Waals surface area contributed by atoms with E-state index >= 15 is 0 Å². The van der Waals surface area contributed by atoms with E-state index < -0.39 is 0 Å². The summed E-state index contributed by atoms with van der Waals surface area (Å²) < 4.78 is 25.1. The van der Waals surface area contributed by atoms with E-state index in [1.165, 1.54) is 13.0 Å². The maximum Gasteiger partial charge on any atom is 0.231 e. The Hall–Kier alpha value is -2.87. The van der Waals surface area contributed by atoms with E-state index in [1.54, 1.807) is 12.1 Å². The van der Waals surface area contributed by atoms with Crippen molar-refractivity contribution in [3.05, 3.63) is 53.3 Å². The lowest BCUT2D eigenvalue weighted by atomic mass is 10.1. The molecule has 2 aliphatic heterocycles. The Morgan fingerprint density at radius 1 is 1.10 bits per heavy atom. The van der Waals surface area contributed by atoms with Gasteiger partial charge in [-0.05, 0) is 55.0 Å². The highest BCUT2D eigenvalue weighted by molar-refractivity contribution is 7.80. The molecule has 2 aliphatic rings. The summed E-state index contributed by atoms with van der Waals surface area (Å²) in [4.78, 5) is 15.5. The molecule has 2 aromatic rings. The van der Waals surface area contributed by atoms with Crippen molar-refractivity contribution >= 4 is 28.8 Å². The third-order valence-electron chi connectivity index (χ3n) is 5.14. The van der Waals surface area contributed by atoms with Gasteiger partial charge in [-0.25, -0.2) is 4.39 Å². The van der Waals surface area contributed by atoms with Gasteiger partial charge in [-0.2, -0.15) is 0 Å². The van der Waals surface area contributed by atoms with Crippen molar-refractivity contribution < 1.29 is 18.7 Å². The number of ketones is 1. The number of nitrogens with zero attached hydrogens (tertiary/aromatic N) is 2. The first-order valence-electron chi connectivity index (χ1n) is 9.48. The predicted molar refractivity (Wildman–Crippen MR) is 112 cm³/mol. The molecule has 0 aromatic heterocycles. The minimum atomic E-state index is -0.366. The highest BCUT2D eigenvalue weighted by Crippen LogP contribution is 2.32. The summed E-state index contributed by atoms with van der Waals surface area (Å²) >= 11 is 5.53. The Labute approximate surface area is 174 Å². The molecule has 0 atom stereocenters. The summed E-state index contributed by atoms with van der Waals surface area (Å²) in [5.41, 5.74) is 1.97. The fraction of sp³-hybridized carbons (Fsp3) is 0.333. The van der Waals surface area contributed by atoms with Crippen LogP contribution in [0.3, 0.4) is 0 Å². The number of carbonyl (C=O) groups is 1. The number of benzene rings is 2. The Bertz CT molecular complexity index is 945. The van der Waals surface area contributed by atoms with Crippen LogP contribution in [0.4, 0.5) is 10.1 Å². The molecule has 0 spiro atoms. The average Bonchev–Trinajstić information content (AvgIpc) is 3.20. The molecule has 6 nitrogen and oxygen atoms in total. The molecule has 0 bridgehead atoms. The molecule has 0 unspecified atom stereocenters. The topological polar surface area (TPSA) is 54.0 Å². The quantitative estimate of drug-likeness (QED) is 0.609. The lowest BCUT2D eigenvalue weighted by molar-refractivity contribution is 0.101. The van der Waals surface area contributed by atoms with Gasteiger partial charge in [0.2, 0.25) is 6.79 Å². The number of piperazine rings is 1. The predicted octanol–water partition coefficient (Wildman–Crippen LogP) is 2.95. The minimum absolute atomic E-state index is 0.140. The second-order valence-corrected chi connectivity index (χ2v) is 7.43. The highest BCUT2D eigenvalue weighted by atomic mass is 32.1. The summed E-state index contributed by atoms with van der Waals surface area (Å²) in [6.45, 7) is 4.99. The van der Waals surface area contributed by atoms with E-state index in [0.29, 0.717) is 49.1 Å². The molecule has 2 aromatic carbocycles. The van der Waals surface area contributed by atoms with Crippen molar-refractivity contribution in [1.29, 1.82) is 0 Å². The number of ether oxygens (including phenoxy) is 2. The van der Waals surface area contributed by atoms with E-state index in [1.807, 2.05) is 23.1 Å². The smallest absolute Gasteiger partial charge is 0.231 e. The van der Waals surface area contributed by atoms with Crippen molar-refractivity contribution in [1.82, 2.24) is 10.2 Å². The van der Waals surface area contributed by atoms with Crippen molar-refractivity contribution in [2.45, 2.75) is 13.5 Å². The fourth-order valence-electron chi connectivity index (χ4n) is 3.47. The second kappa shape index (κ2) is 8.24. The first-order chi connectivity index (χ1) is 14.0. The van der Waals surface area contributed by atoms with Gasteiger partial charge < -0.3 is 24.6 Å². The van der Waals surface area contributed by atoms with Gasteiger partial charge in [-0.3, -0.25) is 4.79 Å². The number of thiocarbonyl (C=S) groups is 1. The third kappa shape index (κ3) is 4.27. The van der Waals surface area contributed by atoms with Gasteiger partial charge in [-0.1, -0.05) is 6.07 Å². The lowest BCUT2D eigenvalue weighted by Gasteiger charge is -2.37. The molecule has 0 radical (unpaired) electrons. The fourth-order valence-corrected chi connectivity index (χ4v) is 3.73. The van der Waals surface area contributed by atoms with Crippen molar-refractivity contribution in [2.75, 3.05) is 37.9 Å². The maximum atomic E-state index is 14.4. The number of hydrogen-bond acceptors (Lipinski definition) is 5. The van der Waals surface area contributed by atoms with Gasteiger partial charge in [0.1, 0.15) is 5.82 Å². The van der Waals surface area contributed by atoms with Crippen LogP contribution in [0.1, 0.15) is 22.8 Å². The van der Waals surface area contributed by atoms with E-state index in [9.17, 15) is 9.18 Å². The molecule has 2 heterocycles. The summed E-state index contributed by atoms with van der Waals surface area (Å²) in [5, 5.41) is 3.95. The first-order valence-corrected chi connectivity index (χ1v) is 9.89. The largest absolute Gasteiger partial charge is 0.454 e. The number of halogens is 1. The molecule has 8 heteroatoms. The molecular formula is C21H22FN3O3S. The Kier molecular flexibility index (Phi) is 5.53. The standard InChI is InChI=1S/C21H22FN3O3S/c1-14(26)16-3-4-18(17(22)11-16)24-6-8-25(9-7-24)21(29)23-12-15-2-5-19-20(10-15)28-13-27-19/h2-5,10-11H,6-9,12-13H2,1H3,(H,23,29). The summed E-state index contributed by atoms with van der Waals surface area (Å²) in [5.74, 6) is 1.01. The van der Waals surface area contributed by atoms with Crippen molar-refractivity contribution in [3.8, 4) is 11.5 Å². The third-order valence-corrected chi connectivity index (χ3v) is 5.55. The van der Waals surface area contributed by atoms with E-state index in [2.05, 4.69) is 10.2 Å². The van der Waals surface area contributed by atoms with E-state index in [0.717, 1.165) is 17.1 Å². The summed E-state index contributed by atoms with van der Waals surface area (Å²) in [6.07, 6.45) is 0. The zero-order valence-electron chi connectivity index (χ0n) is 16.1. The average molecular weight is 415 g/mol. The normalized spacial score (nSPS) is 15.4. The molecule has 1 N–H and O–H groups in total. The van der Waals surface area contributed by atoms with Gasteiger partial charge in [0.25, 0.3) is 0 Å². The number of fused-ring (bicyclic) bond motifs is 1. The van der Waals surface area contributed by atoms with Crippen LogP contribution >= 0.6 is 12.2 Å². The molecule has 1 fully saturated rings. The second-order valence-electron chi connectivity index (χ2n) is 7.04. The monoisotopic (exact) mass is 415 g/mol. The zero-order valence-corrected chi connectivity index (χ0v) is 16.9. The SMILES string of the molecule is CC(=O)c1ccc(N2CCN(C(=S)NCc3ccc4c(c3)OCO4)CC2)c(F)c1. The van der Waals surface area contributed by atoms with Crippen molar-refractivity contribution in [3.63, 3.8) is 0 Å². The van der Waals surface area contributed by atoms with Gasteiger partial charge in [0.15, 0.2) is 22.4 Å². The van der Waals surface area contributed by atoms with Crippen LogP contribution in [0.15, 0.2) is 36.4 Å².